The summed E-state index contributed by atoms with van der Waals surface area (Å²) in [6.07, 6.45) is 3.87. The molecule has 1 amide bonds. The molecule has 3 aromatic carbocycles. The number of amides is 1. The summed E-state index contributed by atoms with van der Waals surface area (Å²) >= 11 is 6.33. The molecule has 1 aliphatic heterocycles. The van der Waals surface area contributed by atoms with Gasteiger partial charge in [0.25, 0.3) is 5.91 Å². The second-order valence-electron chi connectivity index (χ2n) is 7.43. The third-order valence-corrected chi connectivity index (χ3v) is 5.83. The molecule has 1 aliphatic rings. The van der Waals surface area contributed by atoms with E-state index in [1.807, 2.05) is 42.5 Å². The molecule has 7 heteroatoms. The van der Waals surface area contributed by atoms with Crippen molar-refractivity contribution >= 4 is 34.3 Å². The molecule has 2 heterocycles. The first kappa shape index (κ1) is 20.2. The van der Waals surface area contributed by atoms with Crippen LogP contribution in [0.15, 0.2) is 84.2 Å². The average Bonchev–Trinajstić information content (AvgIpc) is 3.29. The maximum Gasteiger partial charge on any atom is 0.276 e. The van der Waals surface area contributed by atoms with Crippen molar-refractivity contribution in [1.82, 2.24) is 15.0 Å². The van der Waals surface area contributed by atoms with Crippen molar-refractivity contribution in [2.45, 2.75) is 12.5 Å². The van der Waals surface area contributed by atoms with Gasteiger partial charge in [0.2, 0.25) is 0 Å². The Labute approximate surface area is 190 Å². The van der Waals surface area contributed by atoms with Gasteiger partial charge in [-0.15, -0.1) is 0 Å². The molecule has 0 saturated heterocycles. The van der Waals surface area contributed by atoms with Crippen molar-refractivity contribution in [1.29, 1.82) is 0 Å². The summed E-state index contributed by atoms with van der Waals surface area (Å²) in [6.45, 7) is 0. The van der Waals surface area contributed by atoms with Gasteiger partial charge < -0.3 is 4.74 Å². The summed E-state index contributed by atoms with van der Waals surface area (Å²) in [5.41, 5.74) is 4.62. The molecule has 0 bridgehead atoms. The van der Waals surface area contributed by atoms with Gasteiger partial charge in [-0.3, -0.25) is 14.8 Å². The first-order valence-electron chi connectivity index (χ1n) is 10.1. The van der Waals surface area contributed by atoms with E-state index in [1.165, 1.54) is 5.01 Å². The van der Waals surface area contributed by atoms with Crippen LogP contribution in [0, 0.1) is 0 Å². The van der Waals surface area contributed by atoms with Crippen molar-refractivity contribution < 1.29 is 9.53 Å². The summed E-state index contributed by atoms with van der Waals surface area (Å²) in [6, 6.07) is 20.2. The van der Waals surface area contributed by atoms with Crippen molar-refractivity contribution in [3.05, 3.63) is 101 Å². The lowest BCUT2D eigenvalue weighted by atomic mass is 9.97. The first-order chi connectivity index (χ1) is 15.6. The predicted molar refractivity (Wildman–Crippen MR) is 124 cm³/mol. The van der Waals surface area contributed by atoms with Gasteiger partial charge in [0.15, 0.2) is 0 Å². The van der Waals surface area contributed by atoms with E-state index in [4.69, 9.17) is 21.4 Å². The highest BCUT2D eigenvalue weighted by molar-refractivity contribution is 6.33. The summed E-state index contributed by atoms with van der Waals surface area (Å²) in [5.74, 6) is 0.483. The molecule has 0 aliphatic carbocycles. The summed E-state index contributed by atoms with van der Waals surface area (Å²) in [4.78, 5) is 22.3. The molecule has 32 heavy (non-hydrogen) atoms. The van der Waals surface area contributed by atoms with Gasteiger partial charge in [-0.25, -0.2) is 5.01 Å². The van der Waals surface area contributed by atoms with Crippen LogP contribution in [0.5, 0.6) is 5.75 Å². The monoisotopic (exact) mass is 442 g/mol. The number of hydrazone groups is 1. The van der Waals surface area contributed by atoms with E-state index in [2.05, 4.69) is 9.97 Å². The highest BCUT2D eigenvalue weighted by atomic mass is 35.5. The molecule has 0 fully saturated rings. The summed E-state index contributed by atoms with van der Waals surface area (Å²) < 4.78 is 5.37. The fraction of sp³-hybridized carbons (Fsp3) is 0.120. The Hall–Kier alpha value is -3.77. The number of rotatable bonds is 4. The number of methoxy groups -OCH3 is 1. The van der Waals surface area contributed by atoms with Crippen LogP contribution in [0.1, 0.15) is 33.9 Å². The standard InChI is InChI=1S/C25H19ClN4O2/c1-32-18-6-4-5-16(13-18)22-15-24(17-9-10-21-23(14-17)28-12-11-27-21)30(29-22)25(31)19-7-2-3-8-20(19)26/h2-14,24H,15H2,1H3. The molecule has 0 radical (unpaired) electrons. The predicted octanol–water partition coefficient (Wildman–Crippen LogP) is 5.28. The number of hydrogen-bond donors (Lipinski definition) is 0. The topological polar surface area (TPSA) is 67.7 Å². The molecule has 4 aromatic rings. The van der Waals surface area contributed by atoms with Crippen LogP contribution in [-0.4, -0.2) is 33.7 Å². The van der Waals surface area contributed by atoms with Crippen molar-refractivity contribution in [2.24, 2.45) is 5.10 Å². The van der Waals surface area contributed by atoms with Crippen molar-refractivity contribution in [3.63, 3.8) is 0 Å². The fourth-order valence-electron chi connectivity index (χ4n) is 3.88. The minimum absolute atomic E-state index is 0.252. The number of aromatic nitrogens is 2. The number of carbonyl (C=O) groups excluding carboxylic acids is 1. The van der Waals surface area contributed by atoms with E-state index in [1.54, 1.807) is 43.8 Å². The number of ether oxygens (including phenoxy) is 1. The maximum absolute atomic E-state index is 13.5. The molecule has 1 atom stereocenters. The minimum atomic E-state index is -0.300. The van der Waals surface area contributed by atoms with Crippen LogP contribution >= 0.6 is 11.6 Å². The number of halogens is 1. The van der Waals surface area contributed by atoms with Gasteiger partial charge in [-0.1, -0.05) is 41.9 Å². The summed E-state index contributed by atoms with van der Waals surface area (Å²) in [7, 11) is 1.63. The zero-order valence-corrected chi connectivity index (χ0v) is 18.0. The van der Waals surface area contributed by atoms with Crippen molar-refractivity contribution in [2.75, 3.05) is 7.11 Å². The molecular weight excluding hydrogens is 424 g/mol. The van der Waals surface area contributed by atoms with E-state index in [0.717, 1.165) is 33.6 Å². The third kappa shape index (κ3) is 3.69. The zero-order chi connectivity index (χ0) is 22.1. The van der Waals surface area contributed by atoms with Gasteiger partial charge in [-0.2, -0.15) is 5.10 Å². The van der Waals surface area contributed by atoms with Crippen LogP contribution in [-0.2, 0) is 0 Å². The lowest BCUT2D eigenvalue weighted by molar-refractivity contribution is 0.0711. The molecule has 6 nitrogen and oxygen atoms in total. The SMILES string of the molecule is COc1cccc(C2=NN(C(=O)c3ccccc3Cl)C(c3ccc4nccnc4c3)C2)c1. The second-order valence-corrected chi connectivity index (χ2v) is 7.84. The molecule has 1 aromatic heterocycles. The summed E-state index contributed by atoms with van der Waals surface area (Å²) in [5, 5.41) is 6.65. The molecule has 0 N–H and O–H groups in total. The Balaban J connectivity index is 1.59. The maximum atomic E-state index is 13.5. The largest absolute Gasteiger partial charge is 0.497 e. The number of hydrogen-bond acceptors (Lipinski definition) is 5. The molecule has 5 rings (SSSR count). The lowest BCUT2D eigenvalue weighted by Crippen LogP contribution is -2.27. The Kier molecular flexibility index (Phi) is 5.29. The van der Waals surface area contributed by atoms with E-state index in [-0.39, 0.29) is 11.9 Å². The number of benzene rings is 3. The second kappa shape index (κ2) is 8.40. The smallest absolute Gasteiger partial charge is 0.276 e. The van der Waals surface area contributed by atoms with Crippen LogP contribution < -0.4 is 4.74 Å². The number of carbonyl (C=O) groups is 1. The fourth-order valence-corrected chi connectivity index (χ4v) is 4.10. The quantitative estimate of drug-likeness (QED) is 0.431. The van der Waals surface area contributed by atoms with Gasteiger partial charge in [0.1, 0.15) is 5.75 Å². The third-order valence-electron chi connectivity index (χ3n) is 5.50. The molecule has 1 unspecified atom stereocenters. The van der Waals surface area contributed by atoms with Gasteiger partial charge in [0.05, 0.1) is 40.5 Å². The Bertz CT molecular complexity index is 1350. The Morgan fingerprint density at radius 3 is 2.62 bits per heavy atom. The minimum Gasteiger partial charge on any atom is -0.497 e. The van der Waals surface area contributed by atoms with E-state index in [9.17, 15) is 4.79 Å². The van der Waals surface area contributed by atoms with Gasteiger partial charge in [0, 0.05) is 24.4 Å². The van der Waals surface area contributed by atoms with Crippen LogP contribution in [0.2, 0.25) is 5.02 Å². The first-order valence-corrected chi connectivity index (χ1v) is 10.5. The Morgan fingerprint density at radius 1 is 1.00 bits per heavy atom. The molecule has 0 spiro atoms. The van der Waals surface area contributed by atoms with Crippen LogP contribution in [0.4, 0.5) is 0 Å². The van der Waals surface area contributed by atoms with E-state index >= 15 is 0 Å². The zero-order valence-electron chi connectivity index (χ0n) is 17.3. The normalized spacial score (nSPS) is 15.6. The van der Waals surface area contributed by atoms with E-state index in [0.29, 0.717) is 17.0 Å². The van der Waals surface area contributed by atoms with Crippen LogP contribution in [0.3, 0.4) is 0 Å². The average molecular weight is 443 g/mol. The molecule has 158 valence electrons. The molecule has 0 saturated carbocycles. The van der Waals surface area contributed by atoms with Crippen LogP contribution in [0.25, 0.3) is 11.0 Å². The Morgan fingerprint density at radius 2 is 1.81 bits per heavy atom. The lowest BCUT2D eigenvalue weighted by Gasteiger charge is -2.22. The highest BCUT2D eigenvalue weighted by Crippen LogP contribution is 2.36. The number of nitrogens with zero attached hydrogens (tertiary/aromatic N) is 4. The van der Waals surface area contributed by atoms with Crippen molar-refractivity contribution in [3.8, 4) is 5.75 Å². The molecular formula is C25H19ClN4O2. The highest BCUT2D eigenvalue weighted by Gasteiger charge is 2.34. The number of fused-ring (bicyclic) bond motifs is 1. The van der Waals surface area contributed by atoms with E-state index < -0.39 is 0 Å². The van der Waals surface area contributed by atoms with Gasteiger partial charge >= 0.3 is 0 Å². The van der Waals surface area contributed by atoms with Gasteiger partial charge in [-0.05, 0) is 42.0 Å².